The molecule has 10 nitrogen and oxygen atoms in total. The number of ether oxygens (including phenoxy) is 1. The lowest BCUT2D eigenvalue weighted by Crippen LogP contribution is -2.17. The molecule has 0 unspecified atom stereocenters. The molecule has 0 bridgehead atoms. The van der Waals surface area contributed by atoms with Crippen LogP contribution in [-0.2, 0) is 21.4 Å². The highest BCUT2D eigenvalue weighted by Gasteiger charge is 2.19. The fourth-order valence-electron chi connectivity index (χ4n) is 2.99. The van der Waals surface area contributed by atoms with Crippen LogP contribution in [0.4, 0.5) is 21.5 Å². The second kappa shape index (κ2) is 10.7. The van der Waals surface area contributed by atoms with Gasteiger partial charge in [-0.3, -0.25) is 14.9 Å². The van der Waals surface area contributed by atoms with Gasteiger partial charge in [0.15, 0.2) is 0 Å². The molecule has 0 aromatic heterocycles. The minimum Gasteiger partial charge on any atom is -0.489 e. The Balaban J connectivity index is 1.54. The first-order valence-electron chi connectivity index (χ1n) is 9.94. The normalized spacial score (nSPS) is 11.0. The van der Waals surface area contributed by atoms with Crippen molar-refractivity contribution in [1.29, 1.82) is 0 Å². The van der Waals surface area contributed by atoms with Gasteiger partial charge in [0.25, 0.3) is 5.69 Å². The first-order chi connectivity index (χ1) is 16.1. The van der Waals surface area contributed by atoms with E-state index in [0.29, 0.717) is 11.4 Å². The van der Waals surface area contributed by atoms with Gasteiger partial charge in [-0.25, -0.2) is 17.9 Å². The van der Waals surface area contributed by atoms with Crippen molar-refractivity contribution in [3.63, 3.8) is 0 Å². The number of sulfonamides is 1. The van der Waals surface area contributed by atoms with Crippen molar-refractivity contribution in [2.75, 3.05) is 17.2 Å². The van der Waals surface area contributed by atoms with Gasteiger partial charge in [-0.2, -0.15) is 0 Å². The molecular formula is C22H21FN4O6S. The molecule has 0 aliphatic heterocycles. The first-order valence-corrected chi connectivity index (χ1v) is 11.5. The molecule has 0 fully saturated rings. The summed E-state index contributed by atoms with van der Waals surface area (Å²) in [6.07, 6.45) is -0.0158. The fourth-order valence-corrected chi connectivity index (χ4v) is 3.52. The van der Waals surface area contributed by atoms with Crippen LogP contribution in [0.3, 0.4) is 0 Å². The summed E-state index contributed by atoms with van der Waals surface area (Å²) in [6, 6.07) is 15.9. The minimum atomic E-state index is -4.09. The minimum absolute atomic E-state index is 0.0158. The van der Waals surface area contributed by atoms with E-state index < -0.39 is 26.5 Å². The van der Waals surface area contributed by atoms with E-state index in [1.165, 1.54) is 18.2 Å². The number of nitrogens with one attached hydrogen (secondary N) is 2. The summed E-state index contributed by atoms with van der Waals surface area (Å²) in [5.41, 5.74) is 0.860. The summed E-state index contributed by atoms with van der Waals surface area (Å²) >= 11 is 0. The maximum absolute atomic E-state index is 13.2. The summed E-state index contributed by atoms with van der Waals surface area (Å²) in [6.45, 7) is 0.233. The van der Waals surface area contributed by atoms with Crippen LogP contribution in [0.2, 0.25) is 0 Å². The number of benzene rings is 3. The molecule has 0 spiro atoms. The van der Waals surface area contributed by atoms with Crippen LogP contribution in [-0.4, -0.2) is 25.8 Å². The molecule has 3 aromatic carbocycles. The van der Waals surface area contributed by atoms with Crippen LogP contribution in [0.5, 0.6) is 5.75 Å². The zero-order valence-corrected chi connectivity index (χ0v) is 18.5. The van der Waals surface area contributed by atoms with Crippen LogP contribution in [0.15, 0.2) is 71.6 Å². The van der Waals surface area contributed by atoms with Crippen molar-refractivity contribution >= 4 is 33.0 Å². The molecule has 0 saturated heterocycles. The molecule has 0 heterocycles. The summed E-state index contributed by atoms with van der Waals surface area (Å²) in [5.74, 6) is -0.371. The number of rotatable bonds is 10. The first kappa shape index (κ1) is 24.6. The molecule has 34 heavy (non-hydrogen) atoms. The highest BCUT2D eigenvalue weighted by atomic mass is 32.2. The SMILES string of the molecule is NS(=O)(=O)c1ccc(NCCC(=O)Nc2cccc(COc3cccc(F)c3)c2)c([N+](=O)[O-])c1. The molecule has 12 heteroatoms. The van der Waals surface area contributed by atoms with Gasteiger partial charge in [0.05, 0.1) is 9.82 Å². The van der Waals surface area contributed by atoms with E-state index >= 15 is 0 Å². The van der Waals surface area contributed by atoms with Crippen LogP contribution in [0.25, 0.3) is 0 Å². The number of nitrogens with zero attached hydrogens (tertiary/aromatic N) is 1. The maximum Gasteiger partial charge on any atom is 0.293 e. The Morgan fingerprint density at radius 2 is 1.85 bits per heavy atom. The van der Waals surface area contributed by atoms with Crippen molar-refractivity contribution in [3.8, 4) is 5.75 Å². The third-order valence-corrected chi connectivity index (χ3v) is 5.49. The van der Waals surface area contributed by atoms with E-state index in [1.807, 2.05) is 0 Å². The molecule has 0 aliphatic rings. The average Bonchev–Trinajstić information content (AvgIpc) is 2.77. The molecule has 1 amide bonds. The Bertz CT molecular complexity index is 1320. The Labute approximate surface area is 194 Å². The molecule has 178 valence electrons. The second-order valence-electron chi connectivity index (χ2n) is 7.15. The predicted octanol–water partition coefficient (Wildman–Crippen LogP) is 3.40. The quantitative estimate of drug-likeness (QED) is 0.292. The number of halogens is 1. The topological polar surface area (TPSA) is 154 Å². The average molecular weight is 488 g/mol. The maximum atomic E-state index is 13.2. The Hall–Kier alpha value is -4.03. The van der Waals surface area contributed by atoms with Gasteiger partial charge in [0.2, 0.25) is 15.9 Å². The van der Waals surface area contributed by atoms with Crippen molar-refractivity contribution in [3.05, 3.63) is 88.2 Å². The number of primary sulfonamides is 1. The Morgan fingerprint density at radius 3 is 2.56 bits per heavy atom. The number of anilines is 2. The fraction of sp³-hybridized carbons (Fsp3) is 0.136. The number of nitro groups is 1. The standard InChI is InChI=1S/C22H21FN4O6S/c23-16-4-2-6-18(12-16)33-14-15-3-1-5-17(11-15)26-22(28)9-10-25-20-8-7-19(34(24,31)32)13-21(20)27(29)30/h1-8,11-13,25H,9-10,14H2,(H,26,28)(H2,24,31,32). The van der Waals surface area contributed by atoms with E-state index in [9.17, 15) is 27.7 Å². The number of carbonyl (C=O) groups excluding carboxylic acids is 1. The number of amides is 1. The number of hydrogen-bond acceptors (Lipinski definition) is 7. The van der Waals surface area contributed by atoms with Gasteiger partial charge in [-0.1, -0.05) is 18.2 Å². The van der Waals surface area contributed by atoms with Gasteiger partial charge < -0.3 is 15.4 Å². The highest BCUT2D eigenvalue weighted by molar-refractivity contribution is 7.89. The molecule has 0 atom stereocenters. The Morgan fingerprint density at radius 1 is 1.09 bits per heavy atom. The van der Waals surface area contributed by atoms with E-state index in [2.05, 4.69) is 10.6 Å². The summed E-state index contributed by atoms with van der Waals surface area (Å²) in [4.78, 5) is 22.4. The van der Waals surface area contributed by atoms with Gasteiger partial charge in [0, 0.05) is 30.8 Å². The van der Waals surface area contributed by atoms with Crippen LogP contribution in [0, 0.1) is 15.9 Å². The zero-order valence-electron chi connectivity index (χ0n) is 17.7. The smallest absolute Gasteiger partial charge is 0.293 e. The van der Waals surface area contributed by atoms with Crippen molar-refractivity contribution in [2.24, 2.45) is 5.14 Å². The van der Waals surface area contributed by atoms with E-state index in [4.69, 9.17) is 9.88 Å². The molecule has 4 N–H and O–H groups in total. The molecular weight excluding hydrogens is 467 g/mol. The van der Waals surface area contributed by atoms with Crippen molar-refractivity contribution in [1.82, 2.24) is 0 Å². The number of nitrogens with two attached hydrogens (primary N) is 1. The zero-order chi connectivity index (χ0) is 24.7. The summed E-state index contributed by atoms with van der Waals surface area (Å²) in [7, 11) is -4.09. The molecule has 3 aromatic rings. The van der Waals surface area contributed by atoms with E-state index in [1.54, 1.807) is 36.4 Å². The lowest BCUT2D eigenvalue weighted by molar-refractivity contribution is -0.384. The summed E-state index contributed by atoms with van der Waals surface area (Å²) in [5, 5.41) is 21.7. The third kappa shape index (κ3) is 6.98. The highest BCUT2D eigenvalue weighted by Crippen LogP contribution is 2.27. The second-order valence-corrected chi connectivity index (χ2v) is 8.71. The summed E-state index contributed by atoms with van der Waals surface area (Å²) < 4.78 is 41.6. The molecule has 0 radical (unpaired) electrons. The van der Waals surface area contributed by atoms with Gasteiger partial charge in [-0.15, -0.1) is 0 Å². The van der Waals surface area contributed by atoms with Gasteiger partial charge in [0.1, 0.15) is 23.9 Å². The Kier molecular flexibility index (Phi) is 7.76. The van der Waals surface area contributed by atoms with Crippen LogP contribution < -0.4 is 20.5 Å². The lowest BCUT2D eigenvalue weighted by atomic mass is 10.2. The number of hydrogen-bond donors (Lipinski definition) is 3. The van der Waals surface area contributed by atoms with Crippen LogP contribution in [0.1, 0.15) is 12.0 Å². The van der Waals surface area contributed by atoms with Crippen molar-refractivity contribution < 1.29 is 27.3 Å². The molecule has 3 rings (SSSR count). The molecule has 0 saturated carbocycles. The van der Waals surface area contributed by atoms with Crippen LogP contribution >= 0.6 is 0 Å². The van der Waals surface area contributed by atoms with Crippen molar-refractivity contribution in [2.45, 2.75) is 17.9 Å². The number of nitro benzene ring substituents is 1. The monoisotopic (exact) mass is 488 g/mol. The van der Waals surface area contributed by atoms with Gasteiger partial charge in [-0.05, 0) is 42.0 Å². The molecule has 0 aliphatic carbocycles. The van der Waals surface area contributed by atoms with E-state index in [0.717, 1.165) is 17.7 Å². The third-order valence-electron chi connectivity index (χ3n) is 4.57. The largest absolute Gasteiger partial charge is 0.489 e. The van der Waals surface area contributed by atoms with E-state index in [-0.39, 0.29) is 36.1 Å². The number of carbonyl (C=O) groups is 1. The predicted molar refractivity (Wildman–Crippen MR) is 123 cm³/mol. The van der Waals surface area contributed by atoms with Gasteiger partial charge >= 0.3 is 0 Å². The lowest BCUT2D eigenvalue weighted by Gasteiger charge is -2.10.